The molecule has 2 atom stereocenters. The lowest BCUT2D eigenvalue weighted by molar-refractivity contribution is -0.0668. The van der Waals surface area contributed by atoms with Crippen LogP contribution in [0.4, 0.5) is 0 Å². The quantitative estimate of drug-likeness (QED) is 0.841. The predicted octanol–water partition coefficient (Wildman–Crippen LogP) is 3.65. The lowest BCUT2D eigenvalue weighted by Crippen LogP contribution is -2.43. The van der Waals surface area contributed by atoms with Gasteiger partial charge in [0.25, 0.3) is 0 Å². The molecular formula is C18H21NO. The summed E-state index contributed by atoms with van der Waals surface area (Å²) in [4.78, 5) is 2.53. The third-order valence-corrected chi connectivity index (χ3v) is 3.97. The summed E-state index contributed by atoms with van der Waals surface area (Å²) in [5.41, 5.74) is 2.71. The van der Waals surface area contributed by atoms with Crippen LogP contribution in [0.2, 0.25) is 0 Å². The van der Waals surface area contributed by atoms with Gasteiger partial charge in [0.15, 0.2) is 0 Å². The van der Waals surface area contributed by atoms with E-state index in [9.17, 15) is 0 Å². The molecule has 0 bridgehead atoms. The molecule has 0 radical (unpaired) electrons. The van der Waals surface area contributed by atoms with Gasteiger partial charge in [-0.25, -0.2) is 0 Å². The maximum absolute atomic E-state index is 5.87. The predicted molar refractivity (Wildman–Crippen MR) is 81.4 cm³/mol. The average molecular weight is 267 g/mol. The molecule has 1 aliphatic heterocycles. The third-order valence-electron chi connectivity index (χ3n) is 3.97. The molecule has 3 rings (SSSR count). The minimum absolute atomic E-state index is 0.231. The van der Waals surface area contributed by atoms with Gasteiger partial charge in [-0.15, -0.1) is 0 Å². The Morgan fingerprint density at radius 3 is 2.35 bits per heavy atom. The van der Waals surface area contributed by atoms with Gasteiger partial charge in [-0.05, 0) is 18.1 Å². The van der Waals surface area contributed by atoms with Crippen molar-refractivity contribution in [2.45, 2.75) is 25.6 Å². The molecule has 2 nitrogen and oxygen atoms in total. The Morgan fingerprint density at radius 2 is 1.65 bits per heavy atom. The van der Waals surface area contributed by atoms with Gasteiger partial charge in [0, 0.05) is 13.1 Å². The number of morpholine rings is 1. The van der Waals surface area contributed by atoms with Crippen molar-refractivity contribution in [3.63, 3.8) is 0 Å². The van der Waals surface area contributed by atoms with Crippen molar-refractivity contribution in [3.8, 4) is 0 Å². The van der Waals surface area contributed by atoms with E-state index in [1.165, 1.54) is 11.1 Å². The minimum atomic E-state index is 0.231. The molecule has 1 fully saturated rings. The molecule has 1 heterocycles. The Morgan fingerprint density at radius 1 is 1.00 bits per heavy atom. The highest BCUT2D eigenvalue weighted by molar-refractivity contribution is 5.22. The molecule has 0 aliphatic carbocycles. The van der Waals surface area contributed by atoms with E-state index in [4.69, 9.17) is 4.74 Å². The zero-order valence-electron chi connectivity index (χ0n) is 11.9. The fourth-order valence-corrected chi connectivity index (χ4v) is 3.01. The minimum Gasteiger partial charge on any atom is -0.375 e. The van der Waals surface area contributed by atoms with Crippen molar-refractivity contribution >= 4 is 0 Å². The van der Waals surface area contributed by atoms with Gasteiger partial charge in [0.2, 0.25) is 0 Å². The first-order valence-corrected chi connectivity index (χ1v) is 7.29. The molecule has 1 aliphatic rings. The van der Waals surface area contributed by atoms with E-state index in [1.807, 2.05) is 0 Å². The maximum atomic E-state index is 5.87. The first-order chi connectivity index (χ1) is 9.84. The van der Waals surface area contributed by atoms with Crippen LogP contribution in [0.1, 0.15) is 24.1 Å². The fourth-order valence-electron chi connectivity index (χ4n) is 3.01. The Bertz CT molecular complexity index is 526. The van der Waals surface area contributed by atoms with Gasteiger partial charge in [-0.3, -0.25) is 4.90 Å². The lowest BCUT2D eigenvalue weighted by Gasteiger charge is -2.40. The molecule has 0 saturated carbocycles. The summed E-state index contributed by atoms with van der Waals surface area (Å²) in [7, 11) is 0. The van der Waals surface area contributed by atoms with E-state index in [0.717, 1.165) is 19.7 Å². The largest absolute Gasteiger partial charge is 0.375 e. The number of hydrogen-bond acceptors (Lipinski definition) is 2. The van der Waals surface area contributed by atoms with Crippen LogP contribution in [0.3, 0.4) is 0 Å². The van der Waals surface area contributed by atoms with E-state index in [2.05, 4.69) is 72.5 Å². The zero-order chi connectivity index (χ0) is 13.8. The number of hydrogen-bond donors (Lipinski definition) is 0. The molecule has 0 unspecified atom stereocenters. The topological polar surface area (TPSA) is 12.5 Å². The van der Waals surface area contributed by atoms with Gasteiger partial charge in [-0.1, -0.05) is 60.7 Å². The van der Waals surface area contributed by atoms with Crippen LogP contribution < -0.4 is 0 Å². The molecule has 1 saturated heterocycles. The van der Waals surface area contributed by atoms with Gasteiger partial charge in [0.1, 0.15) is 0 Å². The first-order valence-electron chi connectivity index (χ1n) is 7.29. The standard InChI is InChI=1S/C18H21NO/c1-15-18(17-10-6-3-7-11-17)19(12-13-20-15)14-16-8-4-2-5-9-16/h2-11,15,18H,12-14H2,1H3/t15-,18+/m0/s1. The van der Waals surface area contributed by atoms with Crippen LogP contribution in [0.5, 0.6) is 0 Å². The third kappa shape index (κ3) is 2.92. The highest BCUT2D eigenvalue weighted by Gasteiger charge is 2.30. The summed E-state index contributed by atoms with van der Waals surface area (Å²) in [5, 5.41) is 0. The Labute approximate surface area is 121 Å². The number of nitrogens with zero attached hydrogens (tertiary/aromatic N) is 1. The van der Waals surface area contributed by atoms with Crippen molar-refractivity contribution < 1.29 is 4.74 Å². The summed E-state index contributed by atoms with van der Waals surface area (Å²) in [5.74, 6) is 0. The smallest absolute Gasteiger partial charge is 0.0744 e. The van der Waals surface area contributed by atoms with Gasteiger partial charge in [0.05, 0.1) is 18.8 Å². The van der Waals surface area contributed by atoms with Gasteiger partial charge in [-0.2, -0.15) is 0 Å². The Kier molecular flexibility index (Phi) is 4.14. The SMILES string of the molecule is C[C@@H]1OCCN(Cc2ccccc2)[C@H]1c1ccccc1. The molecule has 0 amide bonds. The first kappa shape index (κ1) is 13.3. The highest BCUT2D eigenvalue weighted by atomic mass is 16.5. The molecular weight excluding hydrogens is 246 g/mol. The van der Waals surface area contributed by atoms with Crippen LogP contribution in [-0.2, 0) is 11.3 Å². The molecule has 2 aromatic carbocycles. The van der Waals surface area contributed by atoms with Crippen LogP contribution in [-0.4, -0.2) is 24.2 Å². The van der Waals surface area contributed by atoms with Crippen molar-refractivity contribution in [2.24, 2.45) is 0 Å². The molecule has 0 N–H and O–H groups in total. The van der Waals surface area contributed by atoms with Crippen LogP contribution >= 0.6 is 0 Å². The number of benzene rings is 2. The average Bonchev–Trinajstić information content (AvgIpc) is 2.49. The highest BCUT2D eigenvalue weighted by Crippen LogP contribution is 2.30. The molecule has 20 heavy (non-hydrogen) atoms. The molecule has 104 valence electrons. The summed E-state index contributed by atoms with van der Waals surface area (Å²) in [6.45, 7) is 4.96. The van der Waals surface area contributed by atoms with Crippen molar-refractivity contribution in [3.05, 3.63) is 71.8 Å². The van der Waals surface area contributed by atoms with Gasteiger partial charge >= 0.3 is 0 Å². The second-order valence-electron chi connectivity index (χ2n) is 5.39. The molecule has 0 aromatic heterocycles. The number of ether oxygens (including phenoxy) is 1. The molecule has 0 spiro atoms. The van der Waals surface area contributed by atoms with E-state index in [-0.39, 0.29) is 6.10 Å². The zero-order valence-corrected chi connectivity index (χ0v) is 11.9. The fraction of sp³-hybridized carbons (Fsp3) is 0.333. The van der Waals surface area contributed by atoms with E-state index >= 15 is 0 Å². The summed E-state index contributed by atoms with van der Waals surface area (Å²) < 4.78 is 5.87. The monoisotopic (exact) mass is 267 g/mol. The normalized spacial score (nSPS) is 23.6. The Balaban J connectivity index is 1.83. The number of rotatable bonds is 3. The Hall–Kier alpha value is -1.64. The lowest BCUT2D eigenvalue weighted by atomic mass is 9.98. The van der Waals surface area contributed by atoms with Crippen LogP contribution in [0, 0.1) is 0 Å². The van der Waals surface area contributed by atoms with Crippen LogP contribution in [0.15, 0.2) is 60.7 Å². The van der Waals surface area contributed by atoms with E-state index < -0.39 is 0 Å². The second kappa shape index (κ2) is 6.21. The van der Waals surface area contributed by atoms with Crippen molar-refractivity contribution in [2.75, 3.05) is 13.2 Å². The van der Waals surface area contributed by atoms with E-state index in [1.54, 1.807) is 0 Å². The van der Waals surface area contributed by atoms with Crippen LogP contribution in [0.25, 0.3) is 0 Å². The van der Waals surface area contributed by atoms with Crippen molar-refractivity contribution in [1.82, 2.24) is 4.90 Å². The summed E-state index contributed by atoms with van der Waals surface area (Å²) >= 11 is 0. The van der Waals surface area contributed by atoms with Crippen molar-refractivity contribution in [1.29, 1.82) is 0 Å². The summed E-state index contributed by atoms with van der Waals surface area (Å²) in [6, 6.07) is 21.7. The van der Waals surface area contributed by atoms with Gasteiger partial charge < -0.3 is 4.74 Å². The summed E-state index contributed by atoms with van der Waals surface area (Å²) in [6.07, 6.45) is 0.231. The second-order valence-corrected chi connectivity index (χ2v) is 5.39. The van der Waals surface area contributed by atoms with E-state index in [0.29, 0.717) is 6.04 Å². The molecule has 2 aromatic rings. The molecule has 2 heteroatoms. The maximum Gasteiger partial charge on any atom is 0.0744 e.